The molecule has 170 valence electrons. The number of hydrogen-bond donors (Lipinski definition) is 1. The monoisotopic (exact) mass is 461 g/mol. The quantitative estimate of drug-likeness (QED) is 0.433. The molecule has 0 fully saturated rings. The van der Waals surface area contributed by atoms with Crippen LogP contribution in [0.1, 0.15) is 16.7 Å². The number of carbonyl (C=O) groups is 3. The van der Waals surface area contributed by atoms with Crippen LogP contribution in [0.25, 0.3) is 0 Å². The van der Waals surface area contributed by atoms with E-state index >= 15 is 0 Å². The molecule has 0 radical (unpaired) electrons. The Morgan fingerprint density at radius 2 is 1.30 bits per heavy atom. The molecule has 3 rings (SSSR count). The van der Waals surface area contributed by atoms with Gasteiger partial charge in [0.05, 0.1) is 5.92 Å². The molecule has 0 saturated carbocycles. The molecule has 1 unspecified atom stereocenters. The summed E-state index contributed by atoms with van der Waals surface area (Å²) >= 11 is 1.15. The lowest BCUT2D eigenvalue weighted by molar-refractivity contribution is -0.145. The minimum Gasteiger partial charge on any atom is -0.460 e. The Morgan fingerprint density at radius 3 is 1.91 bits per heavy atom. The third-order valence-electron chi connectivity index (χ3n) is 4.98. The van der Waals surface area contributed by atoms with Crippen molar-refractivity contribution < 1.29 is 19.1 Å². The molecule has 0 spiro atoms. The van der Waals surface area contributed by atoms with E-state index in [0.29, 0.717) is 18.6 Å². The summed E-state index contributed by atoms with van der Waals surface area (Å²) < 4.78 is 5.23. The Morgan fingerprint density at radius 1 is 0.758 bits per heavy atom. The Bertz CT molecular complexity index is 1030. The summed E-state index contributed by atoms with van der Waals surface area (Å²) in [5.74, 6) is -0.876. The van der Waals surface area contributed by atoms with Crippen LogP contribution in [0, 0.1) is 5.92 Å². The van der Waals surface area contributed by atoms with Gasteiger partial charge in [-0.3, -0.25) is 14.4 Å². The highest BCUT2D eigenvalue weighted by Crippen LogP contribution is 2.18. The molecule has 3 aromatic rings. The average Bonchev–Trinajstić information content (AvgIpc) is 2.85. The van der Waals surface area contributed by atoms with Gasteiger partial charge in [-0.1, -0.05) is 103 Å². The number of rotatable bonds is 11. The van der Waals surface area contributed by atoms with Gasteiger partial charge in [-0.05, 0) is 23.1 Å². The third kappa shape index (κ3) is 8.94. The predicted octanol–water partition coefficient (Wildman–Crippen LogP) is 4.21. The molecule has 0 saturated heterocycles. The first-order valence-corrected chi connectivity index (χ1v) is 11.8. The first kappa shape index (κ1) is 24.3. The minimum absolute atomic E-state index is 0.00864. The van der Waals surface area contributed by atoms with E-state index in [1.54, 1.807) is 0 Å². The van der Waals surface area contributed by atoms with E-state index in [4.69, 9.17) is 4.74 Å². The number of thioether (sulfide) groups is 1. The van der Waals surface area contributed by atoms with Gasteiger partial charge in [0.1, 0.15) is 13.2 Å². The predicted molar refractivity (Wildman–Crippen MR) is 130 cm³/mol. The smallest absolute Gasteiger partial charge is 0.325 e. The van der Waals surface area contributed by atoms with Gasteiger partial charge in [0.2, 0.25) is 5.91 Å². The Kier molecular flexibility index (Phi) is 9.73. The highest BCUT2D eigenvalue weighted by molar-refractivity contribution is 8.13. The second-order valence-corrected chi connectivity index (χ2v) is 8.67. The van der Waals surface area contributed by atoms with Crippen molar-refractivity contribution in [3.8, 4) is 0 Å². The van der Waals surface area contributed by atoms with Crippen molar-refractivity contribution in [2.75, 3.05) is 12.3 Å². The van der Waals surface area contributed by atoms with Crippen molar-refractivity contribution in [3.63, 3.8) is 0 Å². The summed E-state index contributed by atoms with van der Waals surface area (Å²) in [6, 6.07) is 28.5. The molecule has 0 bridgehead atoms. The Labute approximate surface area is 198 Å². The molecular formula is C27H27NO4S. The average molecular weight is 462 g/mol. The normalized spacial score (nSPS) is 11.4. The summed E-state index contributed by atoms with van der Waals surface area (Å²) in [5, 5.41) is 2.68. The molecule has 5 nitrogen and oxygen atoms in total. The van der Waals surface area contributed by atoms with Crippen molar-refractivity contribution in [3.05, 3.63) is 108 Å². The molecule has 6 heteroatoms. The summed E-state index contributed by atoms with van der Waals surface area (Å²) in [6.07, 6.45) is 0.800. The molecule has 0 aliphatic rings. The lowest BCUT2D eigenvalue weighted by Crippen LogP contribution is -2.37. The number of nitrogens with one attached hydrogen (secondary N) is 1. The number of carbonyl (C=O) groups excluding carboxylic acids is 3. The van der Waals surface area contributed by atoms with E-state index < -0.39 is 11.9 Å². The number of benzene rings is 3. The Hall–Kier alpha value is -3.38. The van der Waals surface area contributed by atoms with Crippen molar-refractivity contribution in [2.24, 2.45) is 5.92 Å². The van der Waals surface area contributed by atoms with Gasteiger partial charge < -0.3 is 10.1 Å². The van der Waals surface area contributed by atoms with Crippen LogP contribution in [-0.2, 0) is 38.6 Å². The lowest BCUT2D eigenvalue weighted by atomic mass is 10.0. The fourth-order valence-corrected chi connectivity index (χ4v) is 4.15. The highest BCUT2D eigenvalue weighted by atomic mass is 32.2. The SMILES string of the molecule is O=C(CNC(=O)C(CSC(=O)Cc1ccccc1)Cc1ccccc1)OCc1ccccc1. The molecule has 0 heterocycles. The van der Waals surface area contributed by atoms with Crippen LogP contribution < -0.4 is 5.32 Å². The molecule has 1 atom stereocenters. The van der Waals surface area contributed by atoms with Crippen LogP contribution in [0.3, 0.4) is 0 Å². The molecule has 33 heavy (non-hydrogen) atoms. The number of amides is 1. The highest BCUT2D eigenvalue weighted by Gasteiger charge is 2.21. The molecule has 0 aliphatic heterocycles. The standard InChI is InChI=1S/C27H27NO4S/c29-25(32-19-23-14-8-3-9-15-23)18-28-27(31)24(16-21-10-4-1-5-11-21)20-33-26(30)17-22-12-6-2-7-13-22/h1-15,24H,16-20H2,(H,28,31). The van der Waals surface area contributed by atoms with Crippen molar-refractivity contribution in [1.29, 1.82) is 0 Å². The van der Waals surface area contributed by atoms with E-state index in [9.17, 15) is 14.4 Å². The van der Waals surface area contributed by atoms with Gasteiger partial charge in [0, 0.05) is 12.2 Å². The van der Waals surface area contributed by atoms with E-state index in [-0.39, 0.29) is 24.2 Å². The summed E-state index contributed by atoms with van der Waals surface area (Å²) in [6.45, 7) is -0.0492. The fraction of sp³-hybridized carbons (Fsp3) is 0.222. The first-order chi connectivity index (χ1) is 16.1. The van der Waals surface area contributed by atoms with E-state index in [2.05, 4.69) is 5.32 Å². The zero-order chi connectivity index (χ0) is 23.3. The second-order valence-electron chi connectivity index (χ2n) is 7.60. The minimum atomic E-state index is -0.501. The number of esters is 1. The van der Waals surface area contributed by atoms with Gasteiger partial charge in [-0.2, -0.15) is 0 Å². The van der Waals surface area contributed by atoms with Crippen LogP contribution >= 0.6 is 11.8 Å². The molecule has 3 aromatic carbocycles. The first-order valence-electron chi connectivity index (χ1n) is 10.8. The van der Waals surface area contributed by atoms with Crippen molar-refractivity contribution in [2.45, 2.75) is 19.4 Å². The zero-order valence-corrected chi connectivity index (χ0v) is 19.1. The van der Waals surface area contributed by atoms with Crippen molar-refractivity contribution >= 4 is 28.8 Å². The molecule has 1 amide bonds. The zero-order valence-electron chi connectivity index (χ0n) is 18.3. The molecule has 0 aliphatic carbocycles. The summed E-state index contributed by atoms with van der Waals surface area (Å²) in [4.78, 5) is 37.4. The summed E-state index contributed by atoms with van der Waals surface area (Å²) in [7, 11) is 0. The van der Waals surface area contributed by atoms with Gasteiger partial charge in [0.15, 0.2) is 5.12 Å². The summed E-state index contributed by atoms with van der Waals surface area (Å²) in [5.41, 5.74) is 2.83. The van der Waals surface area contributed by atoms with Crippen LogP contribution in [0.5, 0.6) is 0 Å². The van der Waals surface area contributed by atoms with Crippen LogP contribution in [0.15, 0.2) is 91.0 Å². The lowest BCUT2D eigenvalue weighted by Gasteiger charge is -2.16. The maximum atomic E-state index is 12.9. The maximum absolute atomic E-state index is 12.9. The number of ether oxygens (including phenoxy) is 1. The van der Waals surface area contributed by atoms with E-state index in [1.807, 2.05) is 91.0 Å². The van der Waals surface area contributed by atoms with Crippen LogP contribution in [0.2, 0.25) is 0 Å². The second kappa shape index (κ2) is 13.2. The fourth-order valence-electron chi connectivity index (χ4n) is 3.23. The maximum Gasteiger partial charge on any atom is 0.325 e. The van der Waals surface area contributed by atoms with Crippen LogP contribution in [0.4, 0.5) is 0 Å². The van der Waals surface area contributed by atoms with Gasteiger partial charge in [0.25, 0.3) is 0 Å². The van der Waals surface area contributed by atoms with Crippen LogP contribution in [-0.4, -0.2) is 29.3 Å². The number of hydrogen-bond acceptors (Lipinski definition) is 5. The van der Waals surface area contributed by atoms with E-state index in [0.717, 1.165) is 28.5 Å². The molecule has 1 N–H and O–H groups in total. The van der Waals surface area contributed by atoms with Crippen molar-refractivity contribution in [1.82, 2.24) is 5.32 Å². The molecular weight excluding hydrogens is 434 g/mol. The van der Waals surface area contributed by atoms with Gasteiger partial charge in [-0.15, -0.1) is 0 Å². The third-order valence-corrected chi connectivity index (χ3v) is 6.02. The van der Waals surface area contributed by atoms with Gasteiger partial charge in [-0.25, -0.2) is 0 Å². The Balaban J connectivity index is 1.51. The topological polar surface area (TPSA) is 72.5 Å². The van der Waals surface area contributed by atoms with E-state index in [1.165, 1.54) is 0 Å². The van der Waals surface area contributed by atoms with Gasteiger partial charge >= 0.3 is 5.97 Å². The molecule has 0 aromatic heterocycles. The largest absolute Gasteiger partial charge is 0.460 e.